The van der Waals surface area contributed by atoms with Gasteiger partial charge in [-0.25, -0.2) is 0 Å². The lowest BCUT2D eigenvalue weighted by Gasteiger charge is -2.15. The van der Waals surface area contributed by atoms with Crippen LogP contribution < -0.4 is 10.6 Å². The summed E-state index contributed by atoms with van der Waals surface area (Å²) in [5.41, 5.74) is 2.69. The molecular formula is C18H20N6O. The number of rotatable bonds is 5. The normalized spacial score (nSPS) is 15.1. The van der Waals surface area contributed by atoms with E-state index in [1.807, 2.05) is 43.3 Å². The first-order chi connectivity index (χ1) is 12.1. The fourth-order valence-electron chi connectivity index (χ4n) is 2.72. The Morgan fingerprint density at radius 2 is 1.92 bits per heavy atom. The number of aromatic nitrogens is 4. The third kappa shape index (κ3) is 3.31. The van der Waals surface area contributed by atoms with Crippen LogP contribution in [0.25, 0.3) is 5.65 Å². The molecule has 0 bridgehead atoms. The number of aryl methyl sites for hydroxylation is 1. The van der Waals surface area contributed by atoms with Gasteiger partial charge in [-0.15, -0.1) is 15.3 Å². The molecule has 1 aliphatic carbocycles. The Morgan fingerprint density at radius 1 is 1.16 bits per heavy atom. The van der Waals surface area contributed by atoms with Gasteiger partial charge in [-0.05, 0) is 56.5 Å². The lowest BCUT2D eigenvalue weighted by Crippen LogP contribution is -2.13. The Labute approximate surface area is 145 Å². The number of anilines is 2. The van der Waals surface area contributed by atoms with E-state index in [9.17, 15) is 4.79 Å². The van der Waals surface area contributed by atoms with Gasteiger partial charge in [0.25, 0.3) is 0 Å². The van der Waals surface area contributed by atoms with Crippen LogP contribution in [0.2, 0.25) is 0 Å². The van der Waals surface area contributed by atoms with E-state index in [-0.39, 0.29) is 17.9 Å². The quantitative estimate of drug-likeness (QED) is 0.748. The molecule has 2 heterocycles. The largest absolute Gasteiger partial charge is 0.362 e. The van der Waals surface area contributed by atoms with Gasteiger partial charge in [-0.2, -0.15) is 4.52 Å². The van der Waals surface area contributed by atoms with Crippen molar-refractivity contribution in [2.24, 2.45) is 5.92 Å². The zero-order valence-electron chi connectivity index (χ0n) is 14.2. The summed E-state index contributed by atoms with van der Waals surface area (Å²) in [5, 5.41) is 18.9. The highest BCUT2D eigenvalue weighted by Gasteiger charge is 2.29. The van der Waals surface area contributed by atoms with Crippen LogP contribution in [0.1, 0.15) is 37.2 Å². The number of fused-ring (bicyclic) bond motifs is 1. The Morgan fingerprint density at radius 3 is 2.64 bits per heavy atom. The Hall–Kier alpha value is -2.96. The third-order valence-electron chi connectivity index (χ3n) is 4.41. The number of amides is 1. The zero-order valence-corrected chi connectivity index (χ0v) is 14.2. The van der Waals surface area contributed by atoms with Gasteiger partial charge in [0, 0.05) is 17.6 Å². The number of nitrogens with zero attached hydrogens (tertiary/aromatic N) is 4. The van der Waals surface area contributed by atoms with Crippen LogP contribution in [-0.2, 0) is 4.79 Å². The fourth-order valence-corrected chi connectivity index (χ4v) is 2.72. The van der Waals surface area contributed by atoms with Crippen LogP contribution in [0.4, 0.5) is 11.5 Å². The Kier molecular flexibility index (Phi) is 3.83. The lowest BCUT2D eigenvalue weighted by atomic mass is 10.1. The summed E-state index contributed by atoms with van der Waals surface area (Å²) in [6, 6.07) is 11.8. The highest BCUT2D eigenvalue weighted by molar-refractivity contribution is 5.94. The molecule has 2 N–H and O–H groups in total. The van der Waals surface area contributed by atoms with E-state index in [1.165, 1.54) is 0 Å². The van der Waals surface area contributed by atoms with Crippen LogP contribution in [0, 0.1) is 12.8 Å². The molecule has 1 fully saturated rings. The monoisotopic (exact) mass is 336 g/mol. The minimum atomic E-state index is 0.0786. The molecule has 1 aromatic carbocycles. The van der Waals surface area contributed by atoms with Crippen LogP contribution in [0.5, 0.6) is 0 Å². The van der Waals surface area contributed by atoms with Crippen LogP contribution >= 0.6 is 0 Å². The zero-order chi connectivity index (χ0) is 17.4. The molecule has 0 aliphatic heterocycles. The van der Waals surface area contributed by atoms with E-state index in [2.05, 4.69) is 32.9 Å². The van der Waals surface area contributed by atoms with E-state index in [1.54, 1.807) is 4.52 Å². The molecule has 3 aromatic rings. The molecule has 25 heavy (non-hydrogen) atoms. The van der Waals surface area contributed by atoms with Crippen molar-refractivity contribution >= 4 is 23.1 Å². The molecular weight excluding hydrogens is 316 g/mol. The second-order valence-corrected chi connectivity index (χ2v) is 6.49. The maximum atomic E-state index is 11.8. The number of carbonyl (C=O) groups excluding carboxylic acids is 1. The highest BCUT2D eigenvalue weighted by atomic mass is 16.2. The van der Waals surface area contributed by atoms with Crippen molar-refractivity contribution in [3.8, 4) is 0 Å². The summed E-state index contributed by atoms with van der Waals surface area (Å²) in [4.78, 5) is 11.8. The van der Waals surface area contributed by atoms with E-state index < -0.39 is 0 Å². The van der Waals surface area contributed by atoms with Crippen LogP contribution in [0.3, 0.4) is 0 Å². The first-order valence-corrected chi connectivity index (χ1v) is 8.46. The van der Waals surface area contributed by atoms with Gasteiger partial charge < -0.3 is 10.6 Å². The molecule has 128 valence electrons. The molecule has 1 amide bonds. The summed E-state index contributed by atoms with van der Waals surface area (Å²) in [6.45, 7) is 3.94. The second-order valence-electron chi connectivity index (χ2n) is 6.49. The molecule has 0 saturated heterocycles. The van der Waals surface area contributed by atoms with E-state index >= 15 is 0 Å². The molecule has 0 spiro atoms. The SMILES string of the molecule is Cc1nnc2ccc(NC(C)c3ccc(NC(=O)C4CC4)cc3)nn12. The minimum absolute atomic E-state index is 0.0786. The molecule has 1 unspecified atom stereocenters. The molecule has 7 nitrogen and oxygen atoms in total. The van der Waals surface area contributed by atoms with Gasteiger partial charge in [-0.3, -0.25) is 4.79 Å². The first kappa shape index (κ1) is 15.6. The molecule has 0 radical (unpaired) electrons. The standard InChI is InChI=1S/C18H20N6O/c1-11(19-16-9-10-17-22-21-12(2)24(17)23-16)13-5-7-15(8-6-13)20-18(25)14-3-4-14/h5-11,14H,3-4H2,1-2H3,(H,19,23)(H,20,25). The summed E-state index contributed by atoms with van der Waals surface area (Å²) in [6.07, 6.45) is 2.02. The predicted octanol–water partition coefficient (Wildman–Crippen LogP) is 2.95. The molecule has 1 atom stereocenters. The smallest absolute Gasteiger partial charge is 0.227 e. The average Bonchev–Trinajstić information content (AvgIpc) is 3.40. The van der Waals surface area contributed by atoms with Crippen molar-refractivity contribution in [1.29, 1.82) is 0 Å². The predicted molar refractivity (Wildman–Crippen MR) is 95.4 cm³/mol. The number of benzene rings is 1. The second kappa shape index (κ2) is 6.16. The number of hydrogen-bond donors (Lipinski definition) is 2. The van der Waals surface area contributed by atoms with Gasteiger partial charge in [0.1, 0.15) is 5.82 Å². The van der Waals surface area contributed by atoms with Crippen LogP contribution in [0.15, 0.2) is 36.4 Å². The minimum Gasteiger partial charge on any atom is -0.362 e. The van der Waals surface area contributed by atoms with Crippen molar-refractivity contribution in [1.82, 2.24) is 19.8 Å². The summed E-state index contributed by atoms with van der Waals surface area (Å²) in [5.74, 6) is 1.85. The van der Waals surface area contributed by atoms with E-state index in [4.69, 9.17) is 0 Å². The summed E-state index contributed by atoms with van der Waals surface area (Å²) in [7, 11) is 0. The maximum absolute atomic E-state index is 11.8. The maximum Gasteiger partial charge on any atom is 0.227 e. The van der Waals surface area contributed by atoms with Crippen molar-refractivity contribution in [3.05, 3.63) is 47.8 Å². The van der Waals surface area contributed by atoms with Crippen molar-refractivity contribution in [2.75, 3.05) is 10.6 Å². The number of hydrogen-bond acceptors (Lipinski definition) is 5. The van der Waals surface area contributed by atoms with Crippen LogP contribution in [-0.4, -0.2) is 25.7 Å². The molecule has 1 saturated carbocycles. The molecule has 7 heteroatoms. The van der Waals surface area contributed by atoms with E-state index in [0.717, 1.165) is 41.4 Å². The molecule has 4 rings (SSSR count). The first-order valence-electron chi connectivity index (χ1n) is 8.46. The van der Waals surface area contributed by atoms with E-state index in [0.29, 0.717) is 0 Å². The Balaban J connectivity index is 1.45. The average molecular weight is 336 g/mol. The number of nitrogens with one attached hydrogen (secondary N) is 2. The van der Waals surface area contributed by atoms with Crippen molar-refractivity contribution in [2.45, 2.75) is 32.7 Å². The topological polar surface area (TPSA) is 84.2 Å². The van der Waals surface area contributed by atoms with Crippen molar-refractivity contribution in [3.63, 3.8) is 0 Å². The summed E-state index contributed by atoms with van der Waals surface area (Å²) < 4.78 is 1.71. The third-order valence-corrected chi connectivity index (χ3v) is 4.41. The number of carbonyl (C=O) groups is 1. The molecule has 2 aromatic heterocycles. The fraction of sp³-hybridized carbons (Fsp3) is 0.333. The molecule has 1 aliphatic rings. The summed E-state index contributed by atoms with van der Waals surface area (Å²) >= 11 is 0. The van der Waals surface area contributed by atoms with Gasteiger partial charge in [0.15, 0.2) is 11.5 Å². The highest BCUT2D eigenvalue weighted by Crippen LogP contribution is 2.30. The Bertz CT molecular complexity index is 913. The van der Waals surface area contributed by atoms with Crippen molar-refractivity contribution < 1.29 is 4.79 Å². The van der Waals surface area contributed by atoms with Gasteiger partial charge in [0.05, 0.1) is 0 Å². The van der Waals surface area contributed by atoms with Gasteiger partial charge in [0.2, 0.25) is 5.91 Å². The van der Waals surface area contributed by atoms with Gasteiger partial charge in [-0.1, -0.05) is 12.1 Å². The lowest BCUT2D eigenvalue weighted by molar-refractivity contribution is -0.117. The van der Waals surface area contributed by atoms with Gasteiger partial charge >= 0.3 is 0 Å².